The minimum Gasteiger partial charge on any atom is -0.324 e. The lowest BCUT2D eigenvalue weighted by atomic mass is 10.0. The quantitative estimate of drug-likeness (QED) is 0.940. The summed E-state index contributed by atoms with van der Waals surface area (Å²) in [5.41, 5.74) is 9.31. The predicted molar refractivity (Wildman–Crippen MR) is 79.4 cm³/mol. The molecule has 1 aromatic heterocycles. The van der Waals surface area contributed by atoms with E-state index in [4.69, 9.17) is 17.3 Å². The molecule has 0 aliphatic heterocycles. The highest BCUT2D eigenvalue weighted by atomic mass is 35.5. The molecule has 1 unspecified atom stereocenters. The number of halogens is 2. The molecule has 2 rings (SSSR count). The number of nitrogens with two attached hydrogens (primary N) is 1. The maximum Gasteiger partial charge on any atom is 0.126 e. The SMILES string of the molecule is CCc1nn(C)c(CC(N)c2ccc(C)c(F)c2)c1Cl. The van der Waals surface area contributed by atoms with Gasteiger partial charge in [0.25, 0.3) is 0 Å². The van der Waals surface area contributed by atoms with Crippen LogP contribution in [0.15, 0.2) is 18.2 Å². The molecule has 0 spiro atoms. The van der Waals surface area contributed by atoms with Gasteiger partial charge in [0.05, 0.1) is 16.4 Å². The lowest BCUT2D eigenvalue weighted by molar-refractivity contribution is 0.603. The first kappa shape index (κ1) is 15.0. The molecule has 0 bridgehead atoms. The molecule has 3 nitrogen and oxygen atoms in total. The standard InChI is InChI=1S/C15H19ClFN3/c1-4-13-15(16)14(20(3)19-13)8-12(18)10-6-5-9(2)11(17)7-10/h5-7,12H,4,8,18H2,1-3H3. The molecular weight excluding hydrogens is 277 g/mol. The number of benzene rings is 1. The van der Waals surface area contributed by atoms with Crippen LogP contribution in [0.25, 0.3) is 0 Å². The molecule has 5 heteroatoms. The molecular formula is C15H19ClFN3. The second-order valence-corrected chi connectivity index (χ2v) is 5.38. The second-order valence-electron chi connectivity index (χ2n) is 5.00. The van der Waals surface area contributed by atoms with E-state index in [1.165, 1.54) is 6.07 Å². The lowest BCUT2D eigenvalue weighted by Crippen LogP contribution is -2.16. The van der Waals surface area contributed by atoms with Crippen LogP contribution < -0.4 is 5.73 Å². The van der Waals surface area contributed by atoms with Crippen LogP contribution in [0.1, 0.15) is 35.5 Å². The number of nitrogens with zero attached hydrogens (tertiary/aromatic N) is 2. The number of aromatic nitrogens is 2. The van der Waals surface area contributed by atoms with Crippen molar-refractivity contribution in [2.45, 2.75) is 32.7 Å². The Morgan fingerprint density at radius 3 is 2.70 bits per heavy atom. The second kappa shape index (κ2) is 5.94. The topological polar surface area (TPSA) is 43.8 Å². The Labute approximate surface area is 123 Å². The molecule has 1 heterocycles. The summed E-state index contributed by atoms with van der Waals surface area (Å²) in [4.78, 5) is 0. The first-order chi connectivity index (χ1) is 9.43. The summed E-state index contributed by atoms with van der Waals surface area (Å²) in [6.45, 7) is 3.74. The number of rotatable bonds is 4. The van der Waals surface area contributed by atoms with Crippen molar-refractivity contribution in [3.8, 4) is 0 Å². The first-order valence-corrected chi connectivity index (χ1v) is 7.03. The Balaban J connectivity index is 2.25. The van der Waals surface area contributed by atoms with Crippen LogP contribution in [0.3, 0.4) is 0 Å². The summed E-state index contributed by atoms with van der Waals surface area (Å²) in [7, 11) is 1.85. The summed E-state index contributed by atoms with van der Waals surface area (Å²) in [6.07, 6.45) is 1.31. The third-order valence-corrected chi connectivity index (χ3v) is 3.98. The van der Waals surface area contributed by atoms with Crippen molar-refractivity contribution in [2.24, 2.45) is 12.8 Å². The third-order valence-electron chi connectivity index (χ3n) is 3.54. The summed E-state index contributed by atoms with van der Waals surface area (Å²) >= 11 is 6.30. The number of hydrogen-bond acceptors (Lipinski definition) is 2. The van der Waals surface area contributed by atoms with Crippen LogP contribution in [-0.4, -0.2) is 9.78 Å². The number of aryl methyl sites for hydroxylation is 3. The fourth-order valence-electron chi connectivity index (χ4n) is 2.21. The van der Waals surface area contributed by atoms with Gasteiger partial charge in [-0.15, -0.1) is 0 Å². The monoisotopic (exact) mass is 295 g/mol. The molecule has 0 saturated heterocycles. The van der Waals surface area contributed by atoms with Crippen molar-refractivity contribution in [1.82, 2.24) is 9.78 Å². The zero-order valence-electron chi connectivity index (χ0n) is 12.0. The van der Waals surface area contributed by atoms with Crippen molar-refractivity contribution < 1.29 is 4.39 Å². The molecule has 0 aliphatic carbocycles. The average molecular weight is 296 g/mol. The van der Waals surface area contributed by atoms with Gasteiger partial charge in [-0.2, -0.15) is 5.10 Å². The largest absolute Gasteiger partial charge is 0.324 e. The molecule has 0 radical (unpaired) electrons. The van der Waals surface area contributed by atoms with Gasteiger partial charge in [-0.05, 0) is 30.5 Å². The Morgan fingerprint density at radius 1 is 1.45 bits per heavy atom. The van der Waals surface area contributed by atoms with Gasteiger partial charge in [-0.3, -0.25) is 4.68 Å². The van der Waals surface area contributed by atoms with Gasteiger partial charge in [0.15, 0.2) is 0 Å². The molecule has 2 aromatic rings. The van der Waals surface area contributed by atoms with Crippen molar-refractivity contribution in [2.75, 3.05) is 0 Å². The summed E-state index contributed by atoms with van der Waals surface area (Å²) in [6, 6.07) is 4.79. The first-order valence-electron chi connectivity index (χ1n) is 6.65. The molecule has 0 saturated carbocycles. The molecule has 20 heavy (non-hydrogen) atoms. The van der Waals surface area contributed by atoms with E-state index in [0.717, 1.165) is 23.4 Å². The summed E-state index contributed by atoms with van der Waals surface area (Å²) in [5.74, 6) is -0.233. The van der Waals surface area contributed by atoms with E-state index >= 15 is 0 Å². The lowest BCUT2D eigenvalue weighted by Gasteiger charge is -2.13. The zero-order valence-corrected chi connectivity index (χ0v) is 12.7. The van der Waals surface area contributed by atoms with E-state index in [0.29, 0.717) is 17.0 Å². The van der Waals surface area contributed by atoms with Crippen molar-refractivity contribution in [3.63, 3.8) is 0 Å². The fraction of sp³-hybridized carbons (Fsp3) is 0.400. The van der Waals surface area contributed by atoms with E-state index in [1.807, 2.05) is 20.0 Å². The van der Waals surface area contributed by atoms with E-state index in [9.17, 15) is 4.39 Å². The van der Waals surface area contributed by atoms with Crippen molar-refractivity contribution in [1.29, 1.82) is 0 Å². The molecule has 2 N–H and O–H groups in total. The van der Waals surface area contributed by atoms with Crippen molar-refractivity contribution in [3.05, 3.63) is 51.6 Å². The maximum atomic E-state index is 13.6. The molecule has 0 aliphatic rings. The van der Waals surface area contributed by atoms with E-state index < -0.39 is 0 Å². The van der Waals surface area contributed by atoms with E-state index in [2.05, 4.69) is 5.10 Å². The summed E-state index contributed by atoms with van der Waals surface area (Å²) in [5, 5.41) is 5.03. The maximum absolute atomic E-state index is 13.6. The molecule has 1 aromatic carbocycles. The average Bonchev–Trinajstić information content (AvgIpc) is 2.69. The summed E-state index contributed by atoms with van der Waals surface area (Å²) < 4.78 is 15.4. The smallest absolute Gasteiger partial charge is 0.126 e. The zero-order chi connectivity index (χ0) is 14.9. The highest BCUT2D eigenvalue weighted by molar-refractivity contribution is 6.31. The van der Waals surface area contributed by atoms with Crippen LogP contribution >= 0.6 is 11.6 Å². The van der Waals surface area contributed by atoms with E-state index in [1.54, 1.807) is 17.7 Å². The third kappa shape index (κ3) is 2.86. The van der Waals surface area contributed by atoms with Gasteiger partial charge in [0.1, 0.15) is 5.82 Å². The highest BCUT2D eigenvalue weighted by Crippen LogP contribution is 2.26. The van der Waals surface area contributed by atoms with Gasteiger partial charge < -0.3 is 5.73 Å². The van der Waals surface area contributed by atoms with Crippen LogP contribution in [0, 0.1) is 12.7 Å². The van der Waals surface area contributed by atoms with Crippen LogP contribution in [0.2, 0.25) is 5.02 Å². The van der Waals surface area contributed by atoms with Crippen LogP contribution in [0.5, 0.6) is 0 Å². The minimum absolute atomic E-state index is 0.233. The van der Waals surface area contributed by atoms with Crippen molar-refractivity contribution >= 4 is 11.6 Å². The Kier molecular flexibility index (Phi) is 4.45. The number of hydrogen-bond donors (Lipinski definition) is 1. The normalized spacial score (nSPS) is 12.7. The molecule has 0 amide bonds. The molecule has 1 atom stereocenters. The highest BCUT2D eigenvalue weighted by Gasteiger charge is 2.17. The van der Waals surface area contributed by atoms with Gasteiger partial charge in [-0.25, -0.2) is 4.39 Å². The van der Waals surface area contributed by atoms with Gasteiger partial charge in [0.2, 0.25) is 0 Å². The molecule has 0 fully saturated rings. The van der Waals surface area contributed by atoms with E-state index in [-0.39, 0.29) is 11.9 Å². The predicted octanol–water partition coefficient (Wildman–Crippen LogP) is 3.33. The molecule has 108 valence electrons. The van der Waals surface area contributed by atoms with Gasteiger partial charge in [-0.1, -0.05) is 30.7 Å². The Morgan fingerprint density at radius 2 is 2.15 bits per heavy atom. The Bertz CT molecular complexity index is 622. The van der Waals surface area contributed by atoms with Crippen LogP contribution in [-0.2, 0) is 19.9 Å². The Hall–Kier alpha value is -1.39. The fourth-order valence-corrected chi connectivity index (χ4v) is 2.58. The minimum atomic E-state index is -0.303. The van der Waals surface area contributed by atoms with Gasteiger partial charge >= 0.3 is 0 Å². The van der Waals surface area contributed by atoms with Gasteiger partial charge in [0, 0.05) is 19.5 Å². The van der Waals surface area contributed by atoms with Crippen LogP contribution in [0.4, 0.5) is 4.39 Å².